The quantitative estimate of drug-likeness (QED) is 0.850. The molecule has 2 aromatic rings. The fourth-order valence-electron chi connectivity index (χ4n) is 1.82. The molecular weight excluding hydrogens is 320 g/mol. The third-order valence-corrected chi connectivity index (χ3v) is 3.54. The second kappa shape index (κ2) is 7.14. The van der Waals surface area contributed by atoms with Crippen molar-refractivity contribution in [2.75, 3.05) is 11.9 Å². The number of amides is 1. The maximum absolute atomic E-state index is 11.5. The van der Waals surface area contributed by atoms with Crippen LogP contribution in [0.15, 0.2) is 45.5 Å². The van der Waals surface area contributed by atoms with Crippen LogP contribution < -0.4 is 10.6 Å². The van der Waals surface area contributed by atoms with E-state index >= 15 is 0 Å². The molecule has 20 heavy (non-hydrogen) atoms. The summed E-state index contributed by atoms with van der Waals surface area (Å²) in [6.45, 7) is 3.19. The first-order chi connectivity index (χ1) is 9.69. The predicted octanol–water partition coefficient (Wildman–Crippen LogP) is 3.33. The highest BCUT2D eigenvalue weighted by Gasteiger charge is 2.04. The molecule has 0 radical (unpaired) electrons. The Morgan fingerprint density at radius 1 is 1.25 bits per heavy atom. The van der Waals surface area contributed by atoms with Gasteiger partial charge in [-0.1, -0.05) is 12.1 Å². The lowest BCUT2D eigenvalue weighted by Crippen LogP contribution is -2.24. The Bertz CT molecular complexity index is 564. The topological polar surface area (TPSA) is 54.3 Å². The zero-order valence-corrected chi connectivity index (χ0v) is 12.9. The number of benzene rings is 1. The van der Waals surface area contributed by atoms with Gasteiger partial charge in [-0.25, -0.2) is 0 Å². The van der Waals surface area contributed by atoms with Crippen LogP contribution in [0.3, 0.4) is 0 Å². The molecule has 0 saturated heterocycles. The molecule has 0 saturated carbocycles. The normalized spacial score (nSPS) is 10.3. The fourth-order valence-corrected chi connectivity index (χ4v) is 2.16. The molecule has 1 heterocycles. The summed E-state index contributed by atoms with van der Waals surface area (Å²) in [5, 5.41) is 6.06. The highest BCUT2D eigenvalue weighted by molar-refractivity contribution is 9.10. The minimum atomic E-state index is 0.0488. The molecule has 0 bridgehead atoms. The van der Waals surface area contributed by atoms with E-state index < -0.39 is 0 Å². The summed E-state index contributed by atoms with van der Waals surface area (Å²) < 4.78 is 6.28. The molecule has 0 aliphatic carbocycles. The summed E-state index contributed by atoms with van der Waals surface area (Å²) in [6, 6.07) is 9.70. The van der Waals surface area contributed by atoms with Crippen molar-refractivity contribution in [1.29, 1.82) is 0 Å². The highest BCUT2D eigenvalue weighted by Crippen LogP contribution is 2.19. The Morgan fingerprint density at radius 3 is 2.60 bits per heavy atom. The summed E-state index contributed by atoms with van der Waals surface area (Å²) >= 11 is 3.42. The van der Waals surface area contributed by atoms with Crippen LogP contribution in [0.5, 0.6) is 0 Å². The molecule has 5 heteroatoms. The van der Waals surface area contributed by atoms with E-state index in [-0.39, 0.29) is 5.91 Å². The van der Waals surface area contributed by atoms with Crippen molar-refractivity contribution in [2.45, 2.75) is 19.9 Å². The van der Waals surface area contributed by atoms with Crippen molar-refractivity contribution >= 4 is 27.5 Å². The van der Waals surface area contributed by atoms with Gasteiger partial charge in [-0.05, 0) is 46.6 Å². The molecular formula is C15H17BrN2O2. The molecule has 0 aliphatic rings. The van der Waals surface area contributed by atoms with E-state index in [1.54, 1.807) is 6.26 Å². The zero-order valence-electron chi connectivity index (χ0n) is 11.3. The fraction of sp³-hybridized carbons (Fsp3) is 0.267. The zero-order chi connectivity index (χ0) is 14.4. The number of furan rings is 1. The molecule has 4 nitrogen and oxygen atoms in total. The molecule has 0 fully saturated rings. The second-order valence-corrected chi connectivity index (χ2v) is 5.23. The minimum Gasteiger partial charge on any atom is -0.466 e. The van der Waals surface area contributed by atoms with Crippen LogP contribution >= 0.6 is 15.9 Å². The van der Waals surface area contributed by atoms with E-state index in [9.17, 15) is 4.79 Å². The van der Waals surface area contributed by atoms with Gasteiger partial charge in [0.2, 0.25) is 5.91 Å². The van der Waals surface area contributed by atoms with E-state index in [2.05, 4.69) is 26.6 Å². The van der Waals surface area contributed by atoms with Gasteiger partial charge in [-0.3, -0.25) is 4.79 Å². The average Bonchev–Trinajstić information content (AvgIpc) is 2.84. The number of likely N-dealkylation sites (N-methyl/N-ethyl adjacent to an activating group) is 1. The molecule has 1 aromatic heterocycles. The van der Waals surface area contributed by atoms with Crippen molar-refractivity contribution in [1.82, 2.24) is 5.32 Å². The predicted molar refractivity (Wildman–Crippen MR) is 82.6 cm³/mol. The van der Waals surface area contributed by atoms with E-state index in [4.69, 9.17) is 4.42 Å². The third kappa shape index (κ3) is 4.13. The standard InChI is InChI=1S/C15H17BrN2O2/c1-2-17-15(19)9-11-3-5-12(6-4-11)18-10-14-13(16)7-8-20-14/h3-8,18H,2,9-10H2,1H3,(H,17,19). The number of carbonyl (C=O) groups is 1. The molecule has 0 unspecified atom stereocenters. The number of carbonyl (C=O) groups excluding carboxylic acids is 1. The maximum atomic E-state index is 11.5. The summed E-state index contributed by atoms with van der Waals surface area (Å²) in [5.41, 5.74) is 1.99. The van der Waals surface area contributed by atoms with Crippen LogP contribution in [0.4, 0.5) is 5.69 Å². The van der Waals surface area contributed by atoms with Gasteiger partial charge >= 0.3 is 0 Å². The van der Waals surface area contributed by atoms with E-state index in [0.717, 1.165) is 21.5 Å². The molecule has 1 aromatic carbocycles. The van der Waals surface area contributed by atoms with Gasteiger partial charge in [0.25, 0.3) is 0 Å². The summed E-state index contributed by atoms with van der Waals surface area (Å²) in [6.07, 6.45) is 2.06. The van der Waals surface area contributed by atoms with Crippen LogP contribution in [-0.2, 0) is 17.8 Å². The van der Waals surface area contributed by atoms with Gasteiger partial charge in [0.05, 0.1) is 23.7 Å². The third-order valence-electron chi connectivity index (χ3n) is 2.84. The SMILES string of the molecule is CCNC(=O)Cc1ccc(NCc2occc2Br)cc1. The number of rotatable bonds is 6. The monoisotopic (exact) mass is 336 g/mol. The van der Waals surface area contributed by atoms with Crippen LogP contribution in [-0.4, -0.2) is 12.5 Å². The maximum Gasteiger partial charge on any atom is 0.224 e. The molecule has 0 atom stereocenters. The lowest BCUT2D eigenvalue weighted by atomic mass is 10.1. The van der Waals surface area contributed by atoms with Crippen LogP contribution in [0.25, 0.3) is 0 Å². The molecule has 106 valence electrons. The molecule has 2 N–H and O–H groups in total. The summed E-state index contributed by atoms with van der Waals surface area (Å²) in [4.78, 5) is 11.5. The van der Waals surface area contributed by atoms with Crippen molar-refractivity contribution in [3.63, 3.8) is 0 Å². The first kappa shape index (κ1) is 14.7. The molecule has 0 aliphatic heterocycles. The first-order valence-electron chi connectivity index (χ1n) is 6.50. The van der Waals surface area contributed by atoms with Gasteiger partial charge in [0, 0.05) is 12.2 Å². The Balaban J connectivity index is 1.88. The Labute approximate surface area is 126 Å². The largest absolute Gasteiger partial charge is 0.466 e. The second-order valence-electron chi connectivity index (χ2n) is 4.37. The number of hydrogen-bond donors (Lipinski definition) is 2. The van der Waals surface area contributed by atoms with Crippen molar-refractivity contribution in [2.24, 2.45) is 0 Å². The van der Waals surface area contributed by atoms with Crippen LogP contribution in [0.1, 0.15) is 18.2 Å². The summed E-state index contributed by atoms with van der Waals surface area (Å²) in [5.74, 6) is 0.907. The number of anilines is 1. The molecule has 1 amide bonds. The van der Waals surface area contributed by atoms with E-state index in [1.165, 1.54) is 0 Å². The molecule has 2 rings (SSSR count). The van der Waals surface area contributed by atoms with E-state index in [1.807, 2.05) is 37.3 Å². The Kier molecular flexibility index (Phi) is 5.24. The van der Waals surface area contributed by atoms with Gasteiger partial charge in [0.1, 0.15) is 5.76 Å². The Morgan fingerprint density at radius 2 is 2.00 bits per heavy atom. The number of nitrogens with one attached hydrogen (secondary N) is 2. The van der Waals surface area contributed by atoms with Crippen molar-refractivity contribution in [3.8, 4) is 0 Å². The average molecular weight is 337 g/mol. The number of hydrogen-bond acceptors (Lipinski definition) is 3. The van der Waals surface area contributed by atoms with Gasteiger partial charge in [0.15, 0.2) is 0 Å². The smallest absolute Gasteiger partial charge is 0.224 e. The van der Waals surface area contributed by atoms with Crippen LogP contribution in [0, 0.1) is 0 Å². The van der Waals surface area contributed by atoms with E-state index in [0.29, 0.717) is 19.5 Å². The lowest BCUT2D eigenvalue weighted by Gasteiger charge is -2.07. The minimum absolute atomic E-state index is 0.0488. The highest BCUT2D eigenvalue weighted by atomic mass is 79.9. The van der Waals surface area contributed by atoms with Gasteiger partial charge in [-0.15, -0.1) is 0 Å². The lowest BCUT2D eigenvalue weighted by molar-refractivity contribution is -0.120. The number of halogens is 1. The first-order valence-corrected chi connectivity index (χ1v) is 7.29. The van der Waals surface area contributed by atoms with Crippen molar-refractivity contribution in [3.05, 3.63) is 52.4 Å². The summed E-state index contributed by atoms with van der Waals surface area (Å²) in [7, 11) is 0. The van der Waals surface area contributed by atoms with Crippen molar-refractivity contribution < 1.29 is 9.21 Å². The van der Waals surface area contributed by atoms with Gasteiger partial charge in [-0.2, -0.15) is 0 Å². The van der Waals surface area contributed by atoms with Crippen LogP contribution in [0.2, 0.25) is 0 Å². The Hall–Kier alpha value is -1.75. The molecule has 0 spiro atoms. The van der Waals surface area contributed by atoms with Gasteiger partial charge < -0.3 is 15.1 Å².